The maximum Gasteiger partial charge on any atom is 0.315 e. The van der Waals surface area contributed by atoms with E-state index < -0.39 is 23.9 Å². The van der Waals surface area contributed by atoms with Gasteiger partial charge >= 0.3 is 12.0 Å². The van der Waals surface area contributed by atoms with Crippen LogP contribution >= 0.6 is 0 Å². The summed E-state index contributed by atoms with van der Waals surface area (Å²) in [4.78, 5) is 22.4. The quantitative estimate of drug-likeness (QED) is 0.748. The number of amides is 2. The predicted octanol–water partition coefficient (Wildman–Crippen LogP) is 2.12. The van der Waals surface area contributed by atoms with Gasteiger partial charge in [-0.2, -0.15) is 0 Å². The molecule has 1 atom stereocenters. The number of urea groups is 1. The first kappa shape index (κ1) is 15.9. The summed E-state index contributed by atoms with van der Waals surface area (Å²) >= 11 is 0. The number of nitrogens with one attached hydrogen (secondary N) is 2. The molecule has 6 heteroatoms. The monoisotopic (exact) mass is 282 g/mol. The first-order chi connectivity index (χ1) is 9.40. The van der Waals surface area contributed by atoms with E-state index in [2.05, 4.69) is 10.6 Å². The molecule has 110 valence electrons. The lowest BCUT2D eigenvalue weighted by atomic mass is 10.0. The highest BCUT2D eigenvalue weighted by atomic mass is 19.1. The molecule has 0 aromatic heterocycles. The van der Waals surface area contributed by atoms with E-state index in [0.717, 1.165) is 0 Å². The van der Waals surface area contributed by atoms with Crippen molar-refractivity contribution in [2.45, 2.75) is 32.9 Å². The lowest BCUT2D eigenvalue weighted by molar-refractivity contribution is -0.137. The fourth-order valence-corrected chi connectivity index (χ4v) is 1.68. The van der Waals surface area contributed by atoms with E-state index in [0.29, 0.717) is 5.56 Å². The molecule has 0 saturated heterocycles. The van der Waals surface area contributed by atoms with Gasteiger partial charge in [-0.05, 0) is 12.0 Å². The first-order valence-corrected chi connectivity index (χ1v) is 6.39. The third-order valence-corrected chi connectivity index (χ3v) is 2.91. The average molecular weight is 282 g/mol. The Labute approximate surface area is 117 Å². The summed E-state index contributed by atoms with van der Waals surface area (Å²) in [6.07, 6.45) is -0.148. The van der Waals surface area contributed by atoms with E-state index in [1.807, 2.05) is 13.8 Å². The lowest BCUT2D eigenvalue weighted by Crippen LogP contribution is -2.45. The molecule has 5 nitrogen and oxygen atoms in total. The minimum Gasteiger partial charge on any atom is -0.481 e. The zero-order chi connectivity index (χ0) is 15.1. The molecule has 0 bridgehead atoms. The summed E-state index contributed by atoms with van der Waals surface area (Å²) < 4.78 is 13.4. The maximum absolute atomic E-state index is 13.4. The molecule has 1 aromatic rings. The van der Waals surface area contributed by atoms with Crippen LogP contribution in [0.25, 0.3) is 0 Å². The summed E-state index contributed by atoms with van der Waals surface area (Å²) in [5.41, 5.74) is 0.377. The van der Waals surface area contributed by atoms with Crippen molar-refractivity contribution >= 4 is 12.0 Å². The van der Waals surface area contributed by atoms with Crippen molar-refractivity contribution in [1.82, 2.24) is 10.6 Å². The Kier molecular flexibility index (Phi) is 5.96. The Morgan fingerprint density at radius 2 is 1.95 bits per heavy atom. The Morgan fingerprint density at radius 1 is 1.30 bits per heavy atom. The zero-order valence-corrected chi connectivity index (χ0v) is 11.5. The minimum absolute atomic E-state index is 0.00897. The van der Waals surface area contributed by atoms with Crippen LogP contribution in [-0.2, 0) is 11.3 Å². The fraction of sp³-hybridized carbons (Fsp3) is 0.429. The summed E-state index contributed by atoms with van der Waals surface area (Å²) in [6, 6.07) is 5.17. The SMILES string of the molecule is CC(C)C(CC(=O)O)NC(=O)NCc1ccccc1F. The van der Waals surface area contributed by atoms with E-state index in [4.69, 9.17) is 5.11 Å². The number of rotatable bonds is 6. The third-order valence-electron chi connectivity index (χ3n) is 2.91. The standard InChI is InChI=1S/C14H19FN2O3/c1-9(2)12(7-13(18)19)17-14(20)16-8-10-5-3-4-6-11(10)15/h3-6,9,12H,7-8H2,1-2H3,(H,18,19)(H2,16,17,20). The number of hydrogen-bond acceptors (Lipinski definition) is 2. The normalized spacial score (nSPS) is 12.0. The lowest BCUT2D eigenvalue weighted by Gasteiger charge is -2.20. The molecule has 1 aromatic carbocycles. The van der Waals surface area contributed by atoms with Crippen LogP contribution in [0.2, 0.25) is 0 Å². The Bertz CT molecular complexity index is 477. The van der Waals surface area contributed by atoms with Gasteiger partial charge in [-0.1, -0.05) is 32.0 Å². The number of carboxylic acids is 1. The molecule has 1 unspecified atom stereocenters. The Balaban J connectivity index is 2.50. The number of benzene rings is 1. The van der Waals surface area contributed by atoms with Gasteiger partial charge in [0.2, 0.25) is 0 Å². The van der Waals surface area contributed by atoms with E-state index in [-0.39, 0.29) is 18.9 Å². The van der Waals surface area contributed by atoms with Gasteiger partial charge in [-0.15, -0.1) is 0 Å². The number of hydrogen-bond donors (Lipinski definition) is 3. The van der Waals surface area contributed by atoms with Crippen molar-refractivity contribution in [2.75, 3.05) is 0 Å². The second-order valence-electron chi connectivity index (χ2n) is 4.87. The molecule has 0 aliphatic heterocycles. The van der Waals surface area contributed by atoms with Crippen molar-refractivity contribution in [3.8, 4) is 0 Å². The van der Waals surface area contributed by atoms with E-state index in [9.17, 15) is 14.0 Å². The van der Waals surface area contributed by atoms with Gasteiger partial charge in [-0.3, -0.25) is 4.79 Å². The highest BCUT2D eigenvalue weighted by Crippen LogP contribution is 2.07. The molecule has 0 spiro atoms. The molecule has 0 aliphatic carbocycles. The molecule has 0 radical (unpaired) electrons. The van der Waals surface area contributed by atoms with Crippen LogP contribution in [0.5, 0.6) is 0 Å². The molecule has 3 N–H and O–H groups in total. The second-order valence-corrected chi connectivity index (χ2v) is 4.87. The van der Waals surface area contributed by atoms with Crippen LogP contribution in [0.4, 0.5) is 9.18 Å². The van der Waals surface area contributed by atoms with Crippen molar-refractivity contribution < 1.29 is 19.1 Å². The van der Waals surface area contributed by atoms with Gasteiger partial charge in [0.25, 0.3) is 0 Å². The molecular weight excluding hydrogens is 263 g/mol. The predicted molar refractivity (Wildman–Crippen MR) is 72.7 cm³/mol. The van der Waals surface area contributed by atoms with Gasteiger partial charge in [0, 0.05) is 18.2 Å². The van der Waals surface area contributed by atoms with Crippen LogP contribution < -0.4 is 10.6 Å². The Hall–Kier alpha value is -2.11. The molecule has 0 saturated carbocycles. The first-order valence-electron chi connectivity index (χ1n) is 6.39. The number of carbonyl (C=O) groups excluding carboxylic acids is 1. The van der Waals surface area contributed by atoms with E-state index >= 15 is 0 Å². The fourth-order valence-electron chi connectivity index (χ4n) is 1.68. The largest absolute Gasteiger partial charge is 0.481 e. The Morgan fingerprint density at radius 3 is 2.50 bits per heavy atom. The summed E-state index contributed by atoms with van der Waals surface area (Å²) in [5, 5.41) is 13.9. The number of carboxylic acid groups (broad SMARTS) is 1. The minimum atomic E-state index is -0.974. The van der Waals surface area contributed by atoms with Crippen LogP contribution in [0.3, 0.4) is 0 Å². The maximum atomic E-state index is 13.4. The molecule has 1 rings (SSSR count). The van der Waals surface area contributed by atoms with Crippen LogP contribution in [0.15, 0.2) is 24.3 Å². The van der Waals surface area contributed by atoms with Gasteiger partial charge in [-0.25, -0.2) is 9.18 Å². The molecule has 20 heavy (non-hydrogen) atoms. The van der Waals surface area contributed by atoms with Crippen molar-refractivity contribution in [2.24, 2.45) is 5.92 Å². The van der Waals surface area contributed by atoms with Crippen LogP contribution in [0.1, 0.15) is 25.8 Å². The molecule has 0 heterocycles. The number of carbonyl (C=O) groups is 2. The molecular formula is C14H19FN2O3. The highest BCUT2D eigenvalue weighted by Gasteiger charge is 2.19. The van der Waals surface area contributed by atoms with Crippen molar-refractivity contribution in [3.05, 3.63) is 35.6 Å². The summed E-state index contributed by atoms with van der Waals surface area (Å²) in [7, 11) is 0. The molecule has 0 fully saturated rings. The van der Waals surface area contributed by atoms with E-state index in [1.54, 1.807) is 18.2 Å². The molecule has 0 aliphatic rings. The number of aliphatic carboxylic acids is 1. The van der Waals surface area contributed by atoms with Crippen LogP contribution in [-0.4, -0.2) is 23.1 Å². The summed E-state index contributed by atoms with van der Waals surface area (Å²) in [6.45, 7) is 3.70. The average Bonchev–Trinajstić information content (AvgIpc) is 2.36. The van der Waals surface area contributed by atoms with Gasteiger partial charge in [0.1, 0.15) is 5.82 Å². The van der Waals surface area contributed by atoms with Gasteiger partial charge in [0.05, 0.1) is 6.42 Å². The smallest absolute Gasteiger partial charge is 0.315 e. The topological polar surface area (TPSA) is 78.4 Å². The summed E-state index contributed by atoms with van der Waals surface area (Å²) in [5.74, 6) is -1.37. The van der Waals surface area contributed by atoms with Crippen molar-refractivity contribution in [3.63, 3.8) is 0 Å². The third kappa shape index (κ3) is 5.26. The number of halogens is 1. The van der Waals surface area contributed by atoms with E-state index in [1.165, 1.54) is 6.07 Å². The van der Waals surface area contributed by atoms with Gasteiger partial charge in [0.15, 0.2) is 0 Å². The second kappa shape index (κ2) is 7.47. The highest BCUT2D eigenvalue weighted by molar-refractivity contribution is 5.75. The van der Waals surface area contributed by atoms with Crippen molar-refractivity contribution in [1.29, 1.82) is 0 Å². The zero-order valence-electron chi connectivity index (χ0n) is 11.5. The molecule has 2 amide bonds. The van der Waals surface area contributed by atoms with Gasteiger partial charge < -0.3 is 15.7 Å². The van der Waals surface area contributed by atoms with Crippen LogP contribution in [0, 0.1) is 11.7 Å².